The average molecular weight is 503 g/mol. The van der Waals surface area contributed by atoms with Crippen molar-refractivity contribution >= 4 is 39.1 Å². The van der Waals surface area contributed by atoms with Crippen LogP contribution in [0.15, 0.2) is 23.1 Å². The zero-order valence-corrected chi connectivity index (χ0v) is 18.9. The molecule has 2 amide bonds. The van der Waals surface area contributed by atoms with Crippen LogP contribution in [0.5, 0.6) is 0 Å². The first-order valence-electron chi connectivity index (χ1n) is 10.3. The highest BCUT2D eigenvalue weighted by Gasteiger charge is 2.50. The highest BCUT2D eigenvalue weighted by Crippen LogP contribution is 2.38. The zero-order chi connectivity index (χ0) is 24.2. The Balaban J connectivity index is 1.55. The SMILES string of the molecule is N#CC1(NC(=O)[C@@H]2C[C@@H](S(=O)(=O)c3ccc(N4CCC(F)(F)C4)cc3Cl)CN2C(=O)O)CC1. The Labute approximate surface area is 193 Å². The van der Waals surface area contributed by atoms with Crippen LogP contribution in [0.1, 0.15) is 25.7 Å². The van der Waals surface area contributed by atoms with Gasteiger partial charge < -0.3 is 15.3 Å². The van der Waals surface area contributed by atoms with Crippen molar-refractivity contribution in [3.63, 3.8) is 0 Å². The van der Waals surface area contributed by atoms with Gasteiger partial charge >= 0.3 is 6.09 Å². The quantitative estimate of drug-likeness (QED) is 0.631. The molecule has 2 N–H and O–H groups in total. The lowest BCUT2D eigenvalue weighted by Gasteiger charge is -2.21. The van der Waals surface area contributed by atoms with Crippen molar-refractivity contribution < 1.29 is 31.9 Å². The first-order valence-corrected chi connectivity index (χ1v) is 12.2. The van der Waals surface area contributed by atoms with Crippen LogP contribution in [0, 0.1) is 11.3 Å². The fourth-order valence-electron chi connectivity index (χ4n) is 4.24. The Bertz CT molecular complexity index is 1150. The van der Waals surface area contributed by atoms with E-state index in [1.807, 2.05) is 6.07 Å². The van der Waals surface area contributed by atoms with Gasteiger partial charge in [-0.3, -0.25) is 9.69 Å². The van der Waals surface area contributed by atoms with Gasteiger partial charge in [0.15, 0.2) is 9.84 Å². The number of carbonyl (C=O) groups is 2. The van der Waals surface area contributed by atoms with E-state index in [9.17, 15) is 31.9 Å². The molecule has 33 heavy (non-hydrogen) atoms. The van der Waals surface area contributed by atoms with E-state index in [1.165, 1.54) is 23.1 Å². The maximum absolute atomic E-state index is 13.5. The normalized spacial score (nSPS) is 25.5. The standard InChI is InChI=1S/C20H21ClF2N4O5S/c21-14-7-12(26-6-5-20(22,23)11-26)1-2-16(14)33(31,32)13-8-15(27(9-13)18(29)30)17(28)25-19(10-24)3-4-19/h1-2,7,13,15H,3-6,8-9,11H2,(H,25,28)(H,29,30)/t13-,15+/m1/s1. The third kappa shape index (κ3) is 4.44. The molecule has 2 saturated heterocycles. The second-order valence-corrected chi connectivity index (χ2v) is 11.3. The second kappa shape index (κ2) is 7.99. The monoisotopic (exact) mass is 502 g/mol. The summed E-state index contributed by atoms with van der Waals surface area (Å²) in [5, 5.41) is 19.8. The van der Waals surface area contributed by atoms with Crippen LogP contribution >= 0.6 is 11.6 Å². The molecule has 3 aliphatic rings. The van der Waals surface area contributed by atoms with Crippen molar-refractivity contribution in [3.8, 4) is 6.07 Å². The van der Waals surface area contributed by atoms with E-state index < -0.39 is 57.7 Å². The molecule has 2 aliphatic heterocycles. The Morgan fingerprint density at radius 1 is 1.27 bits per heavy atom. The van der Waals surface area contributed by atoms with E-state index in [1.54, 1.807) is 0 Å². The number of likely N-dealkylation sites (tertiary alicyclic amines) is 1. The summed E-state index contributed by atoms with van der Waals surface area (Å²) < 4.78 is 53.5. The van der Waals surface area contributed by atoms with Crippen LogP contribution in [-0.4, -0.2) is 72.8 Å². The van der Waals surface area contributed by atoms with Gasteiger partial charge in [0.2, 0.25) is 5.91 Å². The first-order chi connectivity index (χ1) is 15.4. The number of nitriles is 1. The number of amides is 2. The van der Waals surface area contributed by atoms with Gasteiger partial charge in [-0.05, 0) is 37.5 Å². The minimum Gasteiger partial charge on any atom is -0.465 e. The van der Waals surface area contributed by atoms with Gasteiger partial charge in [-0.15, -0.1) is 0 Å². The molecule has 2 atom stereocenters. The summed E-state index contributed by atoms with van der Waals surface area (Å²) in [5.41, 5.74) is -0.665. The van der Waals surface area contributed by atoms with Crippen LogP contribution in [0.4, 0.5) is 19.3 Å². The lowest BCUT2D eigenvalue weighted by Crippen LogP contribution is -2.49. The van der Waals surface area contributed by atoms with Crippen LogP contribution in [0.2, 0.25) is 5.02 Å². The van der Waals surface area contributed by atoms with Crippen LogP contribution in [-0.2, 0) is 14.6 Å². The molecule has 1 aliphatic carbocycles. The molecule has 0 aromatic heterocycles. The molecule has 2 heterocycles. The number of rotatable bonds is 5. The van der Waals surface area contributed by atoms with Gasteiger partial charge in [0.25, 0.3) is 5.92 Å². The number of anilines is 1. The average Bonchev–Trinajstić information content (AvgIpc) is 3.18. The van der Waals surface area contributed by atoms with Crippen LogP contribution in [0.3, 0.4) is 0 Å². The summed E-state index contributed by atoms with van der Waals surface area (Å²) in [5.74, 6) is -3.55. The van der Waals surface area contributed by atoms with Gasteiger partial charge in [0.1, 0.15) is 11.6 Å². The summed E-state index contributed by atoms with van der Waals surface area (Å²) in [6, 6.07) is 4.61. The molecule has 1 aromatic rings. The van der Waals surface area contributed by atoms with E-state index in [0.717, 1.165) is 4.90 Å². The second-order valence-electron chi connectivity index (χ2n) is 8.68. The molecule has 0 bridgehead atoms. The van der Waals surface area contributed by atoms with E-state index in [2.05, 4.69) is 5.32 Å². The number of carboxylic acid groups (broad SMARTS) is 1. The van der Waals surface area contributed by atoms with Crippen molar-refractivity contribution in [2.75, 3.05) is 24.5 Å². The first kappa shape index (κ1) is 23.5. The van der Waals surface area contributed by atoms with E-state index >= 15 is 0 Å². The predicted octanol–water partition coefficient (Wildman–Crippen LogP) is 2.25. The van der Waals surface area contributed by atoms with Gasteiger partial charge in [-0.2, -0.15) is 5.26 Å². The molecule has 1 saturated carbocycles. The number of nitrogens with zero attached hydrogens (tertiary/aromatic N) is 3. The van der Waals surface area contributed by atoms with Crippen molar-refractivity contribution in [1.29, 1.82) is 5.26 Å². The Kier molecular flexibility index (Phi) is 5.69. The molecule has 9 nitrogen and oxygen atoms in total. The molecular formula is C20H21ClF2N4O5S. The highest BCUT2D eigenvalue weighted by molar-refractivity contribution is 7.92. The molecule has 0 unspecified atom stereocenters. The lowest BCUT2D eigenvalue weighted by atomic mass is 10.2. The number of hydrogen-bond acceptors (Lipinski definition) is 6. The number of nitrogens with one attached hydrogen (secondary N) is 1. The lowest BCUT2D eigenvalue weighted by molar-refractivity contribution is -0.125. The fraction of sp³-hybridized carbons (Fsp3) is 0.550. The van der Waals surface area contributed by atoms with Crippen molar-refractivity contribution in [1.82, 2.24) is 10.2 Å². The van der Waals surface area contributed by atoms with Gasteiger partial charge in [0.05, 0.1) is 27.8 Å². The van der Waals surface area contributed by atoms with Gasteiger partial charge in [-0.25, -0.2) is 22.0 Å². The predicted molar refractivity (Wildman–Crippen MR) is 113 cm³/mol. The zero-order valence-electron chi connectivity index (χ0n) is 17.3. The Morgan fingerprint density at radius 2 is 1.97 bits per heavy atom. The number of hydrogen-bond donors (Lipinski definition) is 2. The number of sulfone groups is 1. The number of carbonyl (C=O) groups excluding carboxylic acids is 1. The number of benzene rings is 1. The topological polar surface area (TPSA) is 131 Å². The van der Waals surface area contributed by atoms with Crippen molar-refractivity contribution in [2.45, 2.75) is 53.3 Å². The number of alkyl halides is 2. The Morgan fingerprint density at radius 3 is 2.48 bits per heavy atom. The number of halogens is 3. The van der Waals surface area contributed by atoms with Gasteiger partial charge in [0, 0.05) is 25.2 Å². The molecule has 1 aromatic carbocycles. The van der Waals surface area contributed by atoms with Crippen molar-refractivity contribution in [3.05, 3.63) is 23.2 Å². The molecule has 4 rings (SSSR count). The van der Waals surface area contributed by atoms with Gasteiger partial charge in [-0.1, -0.05) is 11.6 Å². The summed E-state index contributed by atoms with van der Waals surface area (Å²) in [6.45, 7) is -0.828. The highest BCUT2D eigenvalue weighted by atomic mass is 35.5. The minimum atomic E-state index is -4.15. The minimum absolute atomic E-state index is 0.104. The molecule has 178 valence electrons. The van der Waals surface area contributed by atoms with E-state index in [-0.39, 0.29) is 29.3 Å². The third-order valence-corrected chi connectivity index (χ3v) is 8.95. The molecule has 0 spiro atoms. The van der Waals surface area contributed by atoms with E-state index in [4.69, 9.17) is 16.9 Å². The molecule has 13 heteroatoms. The van der Waals surface area contributed by atoms with E-state index in [0.29, 0.717) is 18.5 Å². The summed E-state index contributed by atoms with van der Waals surface area (Å²) in [7, 11) is -4.15. The summed E-state index contributed by atoms with van der Waals surface area (Å²) >= 11 is 6.22. The molecule has 3 fully saturated rings. The van der Waals surface area contributed by atoms with Crippen LogP contribution < -0.4 is 10.2 Å². The Hall–Kier alpha value is -2.65. The largest absolute Gasteiger partial charge is 0.465 e. The fourth-order valence-corrected chi connectivity index (χ4v) is 6.48. The van der Waals surface area contributed by atoms with Crippen LogP contribution in [0.25, 0.3) is 0 Å². The third-order valence-electron chi connectivity index (χ3n) is 6.33. The maximum atomic E-state index is 13.5. The van der Waals surface area contributed by atoms with Crippen molar-refractivity contribution in [2.24, 2.45) is 0 Å². The molecule has 0 radical (unpaired) electrons. The summed E-state index contributed by atoms with van der Waals surface area (Å²) in [6.07, 6.45) is -1.16. The molecular weight excluding hydrogens is 482 g/mol. The smallest absolute Gasteiger partial charge is 0.408 e. The summed E-state index contributed by atoms with van der Waals surface area (Å²) in [4.78, 5) is 26.2. The maximum Gasteiger partial charge on any atom is 0.408 e.